The van der Waals surface area contributed by atoms with Crippen molar-refractivity contribution in [1.82, 2.24) is 4.98 Å². The predicted molar refractivity (Wildman–Crippen MR) is 105 cm³/mol. The number of H-pyrrole nitrogens is 1. The lowest BCUT2D eigenvalue weighted by atomic mass is 10.1. The Morgan fingerprint density at radius 1 is 0.966 bits per heavy atom. The van der Waals surface area contributed by atoms with Gasteiger partial charge in [0.1, 0.15) is 5.75 Å². The Labute approximate surface area is 169 Å². The zero-order chi connectivity index (χ0) is 21.0. The molecule has 7 nitrogen and oxygen atoms in total. The molecule has 0 saturated carbocycles. The predicted octanol–water partition coefficient (Wildman–Crippen LogP) is 3.10. The van der Waals surface area contributed by atoms with Gasteiger partial charge < -0.3 is 19.2 Å². The Morgan fingerprint density at radius 3 is 2.45 bits per heavy atom. The Morgan fingerprint density at radius 2 is 1.69 bits per heavy atom. The summed E-state index contributed by atoms with van der Waals surface area (Å²) in [5, 5.41) is 0. The smallest absolute Gasteiger partial charge is 0.344 e. The number of fused-ring (bicyclic) bond motifs is 1. The van der Waals surface area contributed by atoms with Crippen LogP contribution in [0, 0.1) is 13.8 Å². The van der Waals surface area contributed by atoms with E-state index >= 15 is 0 Å². The summed E-state index contributed by atoms with van der Waals surface area (Å²) in [7, 11) is 0. The quantitative estimate of drug-likeness (QED) is 0.541. The molecule has 1 heterocycles. The van der Waals surface area contributed by atoms with E-state index in [1.54, 1.807) is 20.8 Å². The van der Waals surface area contributed by atoms with Crippen molar-refractivity contribution >= 4 is 17.7 Å². The summed E-state index contributed by atoms with van der Waals surface area (Å²) in [6, 6.07) is 5.79. The third kappa shape index (κ3) is 4.67. The fraction of sp³-hybridized carbons (Fsp3) is 0.409. The minimum absolute atomic E-state index is 0.180. The van der Waals surface area contributed by atoms with E-state index in [2.05, 4.69) is 4.98 Å². The van der Waals surface area contributed by atoms with Crippen molar-refractivity contribution in [2.24, 2.45) is 0 Å². The highest BCUT2D eigenvalue weighted by atomic mass is 16.6. The lowest BCUT2D eigenvalue weighted by Crippen LogP contribution is -2.21. The molecule has 0 amide bonds. The molecule has 1 aliphatic rings. The fourth-order valence-electron chi connectivity index (χ4n) is 3.63. The summed E-state index contributed by atoms with van der Waals surface area (Å²) in [4.78, 5) is 39.7. The number of hydrogen-bond donors (Lipinski definition) is 1. The maximum Gasteiger partial charge on any atom is 0.344 e. The molecule has 0 radical (unpaired) electrons. The van der Waals surface area contributed by atoms with Crippen molar-refractivity contribution in [3.63, 3.8) is 0 Å². The SMILES string of the molecule is CCOC(=O)c1c(C)[nH]c(C)c1C(=O)COC(=O)COc1ccc2c(c1)CCC2. The van der Waals surface area contributed by atoms with Crippen molar-refractivity contribution in [3.05, 3.63) is 51.8 Å². The molecule has 29 heavy (non-hydrogen) atoms. The van der Waals surface area contributed by atoms with Gasteiger partial charge in [0.25, 0.3) is 0 Å². The molecular weight excluding hydrogens is 374 g/mol. The van der Waals surface area contributed by atoms with Crippen LogP contribution in [0.5, 0.6) is 5.75 Å². The van der Waals surface area contributed by atoms with E-state index < -0.39 is 24.3 Å². The molecule has 0 bridgehead atoms. The number of benzene rings is 1. The van der Waals surface area contributed by atoms with Crippen molar-refractivity contribution in [1.29, 1.82) is 0 Å². The van der Waals surface area contributed by atoms with Crippen LogP contribution >= 0.6 is 0 Å². The van der Waals surface area contributed by atoms with Gasteiger partial charge in [0.05, 0.1) is 17.7 Å². The number of aromatic amines is 1. The second-order valence-corrected chi connectivity index (χ2v) is 7.00. The van der Waals surface area contributed by atoms with Crippen LogP contribution in [0.1, 0.15) is 56.6 Å². The number of aromatic nitrogens is 1. The molecular formula is C22H25NO6. The van der Waals surface area contributed by atoms with E-state index in [-0.39, 0.29) is 24.3 Å². The molecule has 1 aromatic heterocycles. The number of aryl methyl sites for hydroxylation is 4. The number of carbonyl (C=O) groups excluding carboxylic acids is 3. The lowest BCUT2D eigenvalue weighted by molar-refractivity contribution is -0.144. The fourth-order valence-corrected chi connectivity index (χ4v) is 3.63. The van der Waals surface area contributed by atoms with E-state index in [0.717, 1.165) is 19.3 Å². The average Bonchev–Trinajstić information content (AvgIpc) is 3.27. The molecule has 154 valence electrons. The average molecular weight is 399 g/mol. The Hall–Kier alpha value is -3.09. The number of ether oxygens (including phenoxy) is 3. The summed E-state index contributed by atoms with van der Waals surface area (Å²) in [6.45, 7) is 4.50. The van der Waals surface area contributed by atoms with Gasteiger partial charge in [-0.3, -0.25) is 4.79 Å². The van der Waals surface area contributed by atoms with Gasteiger partial charge in [0.15, 0.2) is 13.2 Å². The Bertz CT molecular complexity index is 943. The van der Waals surface area contributed by atoms with Crippen molar-refractivity contribution in [3.8, 4) is 5.75 Å². The number of carbonyl (C=O) groups is 3. The van der Waals surface area contributed by atoms with Crippen molar-refractivity contribution < 1.29 is 28.6 Å². The number of rotatable bonds is 8. The van der Waals surface area contributed by atoms with Crippen LogP contribution in [0.25, 0.3) is 0 Å². The lowest BCUT2D eigenvalue weighted by Gasteiger charge is -2.09. The van der Waals surface area contributed by atoms with Gasteiger partial charge in [-0.1, -0.05) is 6.07 Å². The van der Waals surface area contributed by atoms with Crippen LogP contribution in [-0.4, -0.2) is 42.5 Å². The van der Waals surface area contributed by atoms with E-state index in [4.69, 9.17) is 14.2 Å². The minimum Gasteiger partial charge on any atom is -0.482 e. The van der Waals surface area contributed by atoms with E-state index in [1.807, 2.05) is 18.2 Å². The second kappa shape index (κ2) is 8.94. The normalized spacial score (nSPS) is 12.4. The summed E-state index contributed by atoms with van der Waals surface area (Å²) >= 11 is 0. The molecule has 1 aromatic carbocycles. The van der Waals surface area contributed by atoms with Gasteiger partial charge in [0, 0.05) is 11.4 Å². The van der Waals surface area contributed by atoms with Crippen LogP contribution in [0.3, 0.4) is 0 Å². The minimum atomic E-state index is -0.651. The number of hydrogen-bond acceptors (Lipinski definition) is 6. The Balaban J connectivity index is 1.56. The zero-order valence-corrected chi connectivity index (χ0v) is 16.9. The van der Waals surface area contributed by atoms with Gasteiger partial charge >= 0.3 is 11.9 Å². The first-order valence-electron chi connectivity index (χ1n) is 9.70. The molecule has 0 spiro atoms. The first kappa shape index (κ1) is 20.6. The summed E-state index contributed by atoms with van der Waals surface area (Å²) in [6.07, 6.45) is 3.23. The van der Waals surface area contributed by atoms with Gasteiger partial charge in [-0.15, -0.1) is 0 Å². The van der Waals surface area contributed by atoms with Gasteiger partial charge in [-0.25, -0.2) is 9.59 Å². The van der Waals surface area contributed by atoms with Crippen LogP contribution in [0.2, 0.25) is 0 Å². The molecule has 0 atom stereocenters. The Kier molecular flexibility index (Phi) is 6.36. The third-order valence-corrected chi connectivity index (χ3v) is 4.92. The summed E-state index contributed by atoms with van der Waals surface area (Å²) in [5.41, 5.74) is 4.00. The van der Waals surface area contributed by atoms with E-state index in [9.17, 15) is 14.4 Å². The van der Waals surface area contributed by atoms with Crippen LogP contribution < -0.4 is 4.74 Å². The topological polar surface area (TPSA) is 94.7 Å². The molecule has 2 aromatic rings. The largest absolute Gasteiger partial charge is 0.482 e. The number of nitrogens with one attached hydrogen (secondary N) is 1. The highest BCUT2D eigenvalue weighted by molar-refractivity contribution is 6.09. The second-order valence-electron chi connectivity index (χ2n) is 7.00. The van der Waals surface area contributed by atoms with Gasteiger partial charge in [-0.05, 0) is 63.3 Å². The molecule has 0 aliphatic heterocycles. The molecule has 0 unspecified atom stereocenters. The highest BCUT2D eigenvalue weighted by Crippen LogP contribution is 2.26. The number of ketones is 1. The van der Waals surface area contributed by atoms with E-state index in [0.29, 0.717) is 17.1 Å². The monoisotopic (exact) mass is 399 g/mol. The maximum absolute atomic E-state index is 12.6. The van der Waals surface area contributed by atoms with E-state index in [1.165, 1.54) is 11.1 Å². The molecule has 3 rings (SSSR count). The third-order valence-electron chi connectivity index (χ3n) is 4.92. The highest BCUT2D eigenvalue weighted by Gasteiger charge is 2.26. The summed E-state index contributed by atoms with van der Waals surface area (Å²) < 4.78 is 15.6. The van der Waals surface area contributed by atoms with Crippen molar-refractivity contribution in [2.75, 3.05) is 19.8 Å². The van der Waals surface area contributed by atoms with Gasteiger partial charge in [-0.2, -0.15) is 0 Å². The number of esters is 2. The first-order chi connectivity index (χ1) is 13.9. The molecule has 0 fully saturated rings. The number of Topliss-reactive ketones (excluding diaryl/α,β-unsaturated/α-hetero) is 1. The summed E-state index contributed by atoms with van der Waals surface area (Å²) in [5.74, 6) is -1.10. The van der Waals surface area contributed by atoms with Crippen LogP contribution in [0.15, 0.2) is 18.2 Å². The van der Waals surface area contributed by atoms with Crippen LogP contribution in [0.4, 0.5) is 0 Å². The first-order valence-corrected chi connectivity index (χ1v) is 9.70. The zero-order valence-electron chi connectivity index (χ0n) is 16.9. The molecule has 7 heteroatoms. The standard InChI is InChI=1S/C22H25NO6/c1-4-27-22(26)21-14(3)23-13(2)20(21)18(24)11-29-19(25)12-28-17-9-8-15-6-5-7-16(15)10-17/h8-10,23H,4-7,11-12H2,1-3H3. The molecule has 0 saturated heterocycles. The van der Waals surface area contributed by atoms with Gasteiger partial charge in [0.2, 0.25) is 5.78 Å². The van der Waals surface area contributed by atoms with Crippen molar-refractivity contribution in [2.45, 2.75) is 40.0 Å². The molecule has 1 aliphatic carbocycles. The molecule has 1 N–H and O–H groups in total. The van der Waals surface area contributed by atoms with Crippen LogP contribution in [-0.2, 0) is 27.1 Å². The maximum atomic E-state index is 12.6.